The SMILES string of the molecule is CCCC(C)NC(=O)C(C)N(C)Cc1cccc(CN)c1. The van der Waals surface area contributed by atoms with Gasteiger partial charge in [-0.3, -0.25) is 9.69 Å². The Morgan fingerprint density at radius 1 is 1.33 bits per heavy atom. The molecule has 21 heavy (non-hydrogen) atoms. The molecular formula is C17H29N3O. The predicted molar refractivity (Wildman–Crippen MR) is 87.8 cm³/mol. The summed E-state index contributed by atoms with van der Waals surface area (Å²) in [5.41, 5.74) is 7.97. The number of rotatable bonds is 8. The van der Waals surface area contributed by atoms with E-state index in [2.05, 4.69) is 36.2 Å². The van der Waals surface area contributed by atoms with Gasteiger partial charge in [0.25, 0.3) is 0 Å². The highest BCUT2D eigenvalue weighted by atomic mass is 16.2. The minimum Gasteiger partial charge on any atom is -0.352 e. The van der Waals surface area contributed by atoms with Gasteiger partial charge in [-0.25, -0.2) is 0 Å². The monoisotopic (exact) mass is 291 g/mol. The van der Waals surface area contributed by atoms with Crippen LogP contribution in [0.3, 0.4) is 0 Å². The molecule has 0 saturated heterocycles. The van der Waals surface area contributed by atoms with Crippen LogP contribution < -0.4 is 11.1 Å². The second kappa shape index (κ2) is 8.80. The molecule has 0 aliphatic heterocycles. The maximum atomic E-state index is 12.2. The van der Waals surface area contributed by atoms with E-state index in [0.29, 0.717) is 6.54 Å². The van der Waals surface area contributed by atoms with Crippen LogP contribution in [0.25, 0.3) is 0 Å². The Balaban J connectivity index is 2.56. The second-order valence-electron chi connectivity index (χ2n) is 5.81. The summed E-state index contributed by atoms with van der Waals surface area (Å²) in [6.07, 6.45) is 2.10. The van der Waals surface area contributed by atoms with Gasteiger partial charge in [-0.05, 0) is 38.4 Å². The first-order chi connectivity index (χ1) is 9.97. The Morgan fingerprint density at radius 3 is 2.62 bits per heavy atom. The van der Waals surface area contributed by atoms with E-state index in [1.807, 2.05) is 26.1 Å². The molecule has 0 saturated carbocycles. The third-order valence-electron chi connectivity index (χ3n) is 3.81. The summed E-state index contributed by atoms with van der Waals surface area (Å²) in [5.74, 6) is 0.0911. The number of carbonyl (C=O) groups is 1. The summed E-state index contributed by atoms with van der Waals surface area (Å²) in [7, 11) is 1.98. The van der Waals surface area contributed by atoms with Gasteiger partial charge in [0.2, 0.25) is 5.91 Å². The third-order valence-corrected chi connectivity index (χ3v) is 3.81. The smallest absolute Gasteiger partial charge is 0.237 e. The van der Waals surface area contributed by atoms with Gasteiger partial charge in [0.05, 0.1) is 6.04 Å². The molecule has 1 amide bonds. The van der Waals surface area contributed by atoms with Gasteiger partial charge in [-0.2, -0.15) is 0 Å². The summed E-state index contributed by atoms with van der Waals surface area (Å²) < 4.78 is 0. The first-order valence-electron chi connectivity index (χ1n) is 7.76. The molecule has 4 heteroatoms. The van der Waals surface area contributed by atoms with Crippen LogP contribution in [0.2, 0.25) is 0 Å². The minimum absolute atomic E-state index is 0.0911. The molecule has 0 heterocycles. The molecular weight excluding hydrogens is 262 g/mol. The lowest BCUT2D eigenvalue weighted by Crippen LogP contribution is -2.45. The van der Waals surface area contributed by atoms with Crippen LogP contribution in [0.5, 0.6) is 0 Å². The number of carbonyl (C=O) groups excluding carboxylic acids is 1. The van der Waals surface area contributed by atoms with E-state index in [0.717, 1.165) is 24.9 Å². The van der Waals surface area contributed by atoms with Crippen LogP contribution in [0.15, 0.2) is 24.3 Å². The molecule has 0 fully saturated rings. The molecule has 0 aliphatic carbocycles. The van der Waals surface area contributed by atoms with Crippen molar-refractivity contribution in [3.8, 4) is 0 Å². The molecule has 0 bridgehead atoms. The molecule has 118 valence electrons. The van der Waals surface area contributed by atoms with Gasteiger partial charge in [-0.1, -0.05) is 37.6 Å². The van der Waals surface area contributed by atoms with Crippen molar-refractivity contribution in [3.63, 3.8) is 0 Å². The van der Waals surface area contributed by atoms with E-state index in [-0.39, 0.29) is 18.0 Å². The largest absolute Gasteiger partial charge is 0.352 e. The molecule has 2 unspecified atom stereocenters. The van der Waals surface area contributed by atoms with E-state index < -0.39 is 0 Å². The summed E-state index contributed by atoms with van der Waals surface area (Å²) >= 11 is 0. The van der Waals surface area contributed by atoms with E-state index in [9.17, 15) is 4.79 Å². The Kier molecular flexibility index (Phi) is 7.40. The van der Waals surface area contributed by atoms with Crippen molar-refractivity contribution in [1.82, 2.24) is 10.2 Å². The Hall–Kier alpha value is -1.39. The van der Waals surface area contributed by atoms with Gasteiger partial charge in [0.15, 0.2) is 0 Å². The van der Waals surface area contributed by atoms with Crippen molar-refractivity contribution in [2.24, 2.45) is 5.73 Å². The van der Waals surface area contributed by atoms with E-state index >= 15 is 0 Å². The van der Waals surface area contributed by atoms with E-state index in [1.165, 1.54) is 5.56 Å². The number of amides is 1. The number of hydrogen-bond donors (Lipinski definition) is 2. The number of likely N-dealkylation sites (N-methyl/N-ethyl adjacent to an activating group) is 1. The van der Waals surface area contributed by atoms with Gasteiger partial charge >= 0.3 is 0 Å². The quantitative estimate of drug-likeness (QED) is 0.772. The lowest BCUT2D eigenvalue weighted by atomic mass is 10.1. The predicted octanol–water partition coefficient (Wildman–Crippen LogP) is 2.27. The molecule has 0 aliphatic rings. The van der Waals surface area contributed by atoms with Gasteiger partial charge in [0.1, 0.15) is 0 Å². The van der Waals surface area contributed by atoms with Crippen LogP contribution in [0.4, 0.5) is 0 Å². The number of nitrogens with zero attached hydrogens (tertiary/aromatic N) is 1. The summed E-state index contributed by atoms with van der Waals surface area (Å²) in [5, 5.41) is 3.07. The summed E-state index contributed by atoms with van der Waals surface area (Å²) in [6, 6.07) is 8.29. The lowest BCUT2D eigenvalue weighted by Gasteiger charge is -2.25. The first-order valence-corrected chi connectivity index (χ1v) is 7.76. The average Bonchev–Trinajstić information content (AvgIpc) is 2.46. The number of hydrogen-bond acceptors (Lipinski definition) is 3. The third kappa shape index (κ3) is 5.86. The van der Waals surface area contributed by atoms with Gasteiger partial charge in [0, 0.05) is 19.1 Å². The molecule has 3 N–H and O–H groups in total. The number of nitrogens with one attached hydrogen (secondary N) is 1. The van der Waals surface area contributed by atoms with Crippen molar-refractivity contribution in [1.29, 1.82) is 0 Å². The van der Waals surface area contributed by atoms with Crippen molar-refractivity contribution in [2.45, 2.75) is 58.8 Å². The molecule has 0 radical (unpaired) electrons. The normalized spacial score (nSPS) is 14.0. The van der Waals surface area contributed by atoms with Gasteiger partial charge < -0.3 is 11.1 Å². The standard InChI is InChI=1S/C17H29N3O/c1-5-7-13(2)19-17(21)14(3)20(4)12-16-9-6-8-15(10-16)11-18/h6,8-10,13-14H,5,7,11-12,18H2,1-4H3,(H,19,21). The summed E-state index contributed by atoms with van der Waals surface area (Å²) in [4.78, 5) is 14.3. The van der Waals surface area contributed by atoms with Gasteiger partial charge in [-0.15, -0.1) is 0 Å². The fourth-order valence-electron chi connectivity index (χ4n) is 2.35. The van der Waals surface area contributed by atoms with Crippen LogP contribution in [0, 0.1) is 0 Å². The second-order valence-corrected chi connectivity index (χ2v) is 5.81. The average molecular weight is 291 g/mol. The molecule has 4 nitrogen and oxygen atoms in total. The molecule has 1 aromatic carbocycles. The minimum atomic E-state index is -0.147. The Bertz CT molecular complexity index is 447. The topological polar surface area (TPSA) is 58.4 Å². The van der Waals surface area contributed by atoms with Crippen molar-refractivity contribution >= 4 is 5.91 Å². The van der Waals surface area contributed by atoms with Crippen LogP contribution in [0.1, 0.15) is 44.7 Å². The van der Waals surface area contributed by atoms with Crippen LogP contribution in [-0.4, -0.2) is 29.9 Å². The maximum Gasteiger partial charge on any atom is 0.237 e. The Labute approximate surface area is 128 Å². The summed E-state index contributed by atoms with van der Waals surface area (Å²) in [6.45, 7) is 7.41. The van der Waals surface area contributed by atoms with Crippen LogP contribution in [-0.2, 0) is 17.9 Å². The Morgan fingerprint density at radius 2 is 2.00 bits per heavy atom. The number of nitrogens with two attached hydrogens (primary N) is 1. The van der Waals surface area contributed by atoms with Crippen molar-refractivity contribution in [3.05, 3.63) is 35.4 Å². The molecule has 0 aromatic heterocycles. The van der Waals surface area contributed by atoms with Crippen molar-refractivity contribution in [2.75, 3.05) is 7.05 Å². The zero-order valence-corrected chi connectivity index (χ0v) is 13.7. The highest BCUT2D eigenvalue weighted by Crippen LogP contribution is 2.09. The highest BCUT2D eigenvalue weighted by Gasteiger charge is 2.19. The lowest BCUT2D eigenvalue weighted by molar-refractivity contribution is -0.126. The maximum absolute atomic E-state index is 12.2. The molecule has 1 rings (SSSR count). The fourth-order valence-corrected chi connectivity index (χ4v) is 2.35. The first kappa shape index (κ1) is 17.7. The molecule has 0 spiro atoms. The molecule has 1 aromatic rings. The van der Waals surface area contributed by atoms with E-state index in [4.69, 9.17) is 5.73 Å². The van der Waals surface area contributed by atoms with Crippen molar-refractivity contribution < 1.29 is 4.79 Å². The fraction of sp³-hybridized carbons (Fsp3) is 0.588. The number of benzene rings is 1. The zero-order chi connectivity index (χ0) is 15.8. The zero-order valence-electron chi connectivity index (χ0n) is 13.7. The highest BCUT2D eigenvalue weighted by molar-refractivity contribution is 5.81. The van der Waals surface area contributed by atoms with Crippen LogP contribution >= 0.6 is 0 Å². The molecule has 2 atom stereocenters. The van der Waals surface area contributed by atoms with E-state index in [1.54, 1.807) is 0 Å².